The number of nitrogens with zero attached hydrogens (tertiary/aromatic N) is 3. The number of unbranched alkanes of at least 4 members (excludes halogenated alkanes) is 5. The summed E-state index contributed by atoms with van der Waals surface area (Å²) in [5.41, 5.74) is 0.365. The van der Waals surface area contributed by atoms with Crippen molar-refractivity contribution in [1.29, 1.82) is 0 Å². The highest BCUT2D eigenvalue weighted by Gasteiger charge is 2.38. The zero-order valence-corrected chi connectivity index (χ0v) is 15.6. The lowest BCUT2D eigenvalue weighted by Gasteiger charge is -2.39. The third-order valence-electron chi connectivity index (χ3n) is 5.11. The standard InChI is InChI=1S/C19H35N3O/c1-5-6-7-8-9-10-13-23-17-11-12-19(2,3)14-16(17)18-20-15-22(4)21-18/h15-17H,5-14H2,1-4H3. The molecule has 4 heteroatoms. The van der Waals surface area contributed by atoms with Crippen LogP contribution in [0.25, 0.3) is 0 Å². The Balaban J connectivity index is 1.81. The molecule has 2 unspecified atom stereocenters. The third kappa shape index (κ3) is 5.91. The van der Waals surface area contributed by atoms with Gasteiger partial charge in [-0.15, -0.1) is 0 Å². The Kier molecular flexibility index (Phi) is 7.07. The van der Waals surface area contributed by atoms with Gasteiger partial charge in [0.25, 0.3) is 0 Å². The van der Waals surface area contributed by atoms with Crippen molar-refractivity contribution < 1.29 is 4.74 Å². The Morgan fingerprint density at radius 1 is 1.22 bits per heavy atom. The van der Waals surface area contributed by atoms with Crippen LogP contribution in [0, 0.1) is 5.41 Å². The van der Waals surface area contributed by atoms with Crippen LogP contribution in [-0.2, 0) is 11.8 Å². The van der Waals surface area contributed by atoms with Crippen LogP contribution in [0.2, 0.25) is 0 Å². The molecule has 0 N–H and O–H groups in total. The molecule has 0 aromatic carbocycles. The Labute approximate surface area is 142 Å². The summed E-state index contributed by atoms with van der Waals surface area (Å²) in [6, 6.07) is 0. The molecule has 0 amide bonds. The predicted molar refractivity (Wildman–Crippen MR) is 94.5 cm³/mol. The highest BCUT2D eigenvalue weighted by Crippen LogP contribution is 2.43. The average Bonchev–Trinajstić information content (AvgIpc) is 2.93. The van der Waals surface area contributed by atoms with Crippen LogP contribution in [0.5, 0.6) is 0 Å². The molecule has 0 saturated heterocycles. The summed E-state index contributed by atoms with van der Waals surface area (Å²) in [6.07, 6.45) is 13.5. The maximum absolute atomic E-state index is 6.27. The molecule has 1 aromatic heterocycles. The minimum absolute atomic E-state index is 0.293. The normalized spacial score (nSPS) is 24.0. The molecule has 0 bridgehead atoms. The fraction of sp³-hybridized carbons (Fsp3) is 0.895. The van der Waals surface area contributed by atoms with E-state index in [-0.39, 0.29) is 0 Å². The quantitative estimate of drug-likeness (QED) is 0.610. The summed E-state index contributed by atoms with van der Waals surface area (Å²) in [6.45, 7) is 7.86. The SMILES string of the molecule is CCCCCCCCOC1CCC(C)(C)CC1c1ncn(C)n1. The molecular formula is C19H35N3O. The Morgan fingerprint density at radius 3 is 2.65 bits per heavy atom. The first-order valence-electron chi connectivity index (χ1n) is 9.49. The first-order chi connectivity index (χ1) is 11.0. The lowest BCUT2D eigenvalue weighted by molar-refractivity contribution is -0.0160. The number of ether oxygens (including phenoxy) is 1. The van der Waals surface area contributed by atoms with Gasteiger partial charge in [0.1, 0.15) is 6.33 Å². The fourth-order valence-corrected chi connectivity index (χ4v) is 3.66. The van der Waals surface area contributed by atoms with Crippen LogP contribution in [0.15, 0.2) is 6.33 Å². The summed E-state index contributed by atoms with van der Waals surface area (Å²) in [4.78, 5) is 4.51. The summed E-state index contributed by atoms with van der Waals surface area (Å²) in [7, 11) is 1.94. The van der Waals surface area contributed by atoms with Gasteiger partial charge in [-0.2, -0.15) is 5.10 Å². The Hall–Kier alpha value is -0.900. The third-order valence-corrected chi connectivity index (χ3v) is 5.11. The summed E-state index contributed by atoms with van der Waals surface area (Å²) < 4.78 is 8.08. The number of aromatic nitrogens is 3. The van der Waals surface area contributed by atoms with Gasteiger partial charge < -0.3 is 4.74 Å². The molecule has 0 spiro atoms. The maximum Gasteiger partial charge on any atom is 0.156 e. The van der Waals surface area contributed by atoms with E-state index in [1.165, 1.54) is 44.9 Å². The van der Waals surface area contributed by atoms with Crippen molar-refractivity contribution in [3.63, 3.8) is 0 Å². The van der Waals surface area contributed by atoms with Gasteiger partial charge >= 0.3 is 0 Å². The molecule has 1 heterocycles. The zero-order chi connectivity index (χ0) is 16.7. The second kappa shape index (κ2) is 8.81. The van der Waals surface area contributed by atoms with Gasteiger partial charge in [-0.25, -0.2) is 4.98 Å². The van der Waals surface area contributed by atoms with Gasteiger partial charge in [-0.1, -0.05) is 52.9 Å². The molecule has 2 atom stereocenters. The molecule has 0 aliphatic heterocycles. The van der Waals surface area contributed by atoms with Gasteiger partial charge in [0.15, 0.2) is 5.82 Å². The van der Waals surface area contributed by atoms with E-state index in [1.807, 2.05) is 18.1 Å². The molecule has 0 radical (unpaired) electrons. The minimum Gasteiger partial charge on any atom is -0.377 e. The van der Waals surface area contributed by atoms with Crippen molar-refractivity contribution in [3.05, 3.63) is 12.2 Å². The van der Waals surface area contributed by atoms with Crippen LogP contribution in [0.1, 0.15) is 90.3 Å². The number of aryl methyl sites for hydroxylation is 1. The lowest BCUT2D eigenvalue weighted by Crippen LogP contribution is -2.34. The van der Waals surface area contributed by atoms with E-state index in [2.05, 4.69) is 30.9 Å². The first kappa shape index (κ1) is 18.4. The molecule has 1 saturated carbocycles. The topological polar surface area (TPSA) is 39.9 Å². The van der Waals surface area contributed by atoms with Crippen molar-refractivity contribution in [2.24, 2.45) is 12.5 Å². The minimum atomic E-state index is 0.293. The first-order valence-corrected chi connectivity index (χ1v) is 9.49. The fourth-order valence-electron chi connectivity index (χ4n) is 3.66. The van der Waals surface area contributed by atoms with E-state index in [4.69, 9.17) is 4.74 Å². The lowest BCUT2D eigenvalue weighted by atomic mass is 9.70. The van der Waals surface area contributed by atoms with Gasteiger partial charge in [0.05, 0.1) is 6.10 Å². The smallest absolute Gasteiger partial charge is 0.156 e. The molecule has 23 heavy (non-hydrogen) atoms. The van der Waals surface area contributed by atoms with Crippen LogP contribution >= 0.6 is 0 Å². The van der Waals surface area contributed by atoms with Crippen molar-refractivity contribution in [2.75, 3.05) is 6.61 Å². The molecule has 1 aliphatic rings. The second-order valence-corrected chi connectivity index (χ2v) is 7.97. The molecule has 2 rings (SSSR count). The Bertz CT molecular complexity index is 455. The zero-order valence-electron chi connectivity index (χ0n) is 15.6. The predicted octanol–water partition coefficient (Wildman–Crippen LogP) is 4.85. The van der Waals surface area contributed by atoms with Gasteiger partial charge in [-0.3, -0.25) is 4.68 Å². The number of hydrogen-bond acceptors (Lipinski definition) is 3. The average molecular weight is 322 g/mol. The van der Waals surface area contributed by atoms with E-state index < -0.39 is 0 Å². The van der Waals surface area contributed by atoms with E-state index in [9.17, 15) is 0 Å². The highest BCUT2D eigenvalue weighted by atomic mass is 16.5. The van der Waals surface area contributed by atoms with Crippen molar-refractivity contribution in [1.82, 2.24) is 14.8 Å². The molecule has 4 nitrogen and oxygen atoms in total. The van der Waals surface area contributed by atoms with Gasteiger partial charge in [0.2, 0.25) is 0 Å². The molecular weight excluding hydrogens is 286 g/mol. The van der Waals surface area contributed by atoms with E-state index >= 15 is 0 Å². The molecule has 1 aliphatic carbocycles. The largest absolute Gasteiger partial charge is 0.377 e. The molecule has 1 aromatic rings. The van der Waals surface area contributed by atoms with E-state index in [0.717, 1.165) is 25.3 Å². The van der Waals surface area contributed by atoms with Crippen molar-refractivity contribution in [3.8, 4) is 0 Å². The second-order valence-electron chi connectivity index (χ2n) is 7.97. The maximum atomic E-state index is 6.27. The van der Waals surface area contributed by atoms with Crippen molar-refractivity contribution in [2.45, 2.75) is 90.6 Å². The number of hydrogen-bond donors (Lipinski definition) is 0. The van der Waals surface area contributed by atoms with Crippen LogP contribution in [0.4, 0.5) is 0 Å². The summed E-state index contributed by atoms with van der Waals surface area (Å²) >= 11 is 0. The summed E-state index contributed by atoms with van der Waals surface area (Å²) in [5, 5.41) is 4.55. The highest BCUT2D eigenvalue weighted by molar-refractivity contribution is 5.03. The monoisotopic (exact) mass is 321 g/mol. The van der Waals surface area contributed by atoms with Crippen molar-refractivity contribution >= 4 is 0 Å². The number of rotatable bonds is 9. The van der Waals surface area contributed by atoms with Gasteiger partial charge in [0, 0.05) is 19.6 Å². The molecule has 1 fully saturated rings. The van der Waals surface area contributed by atoms with E-state index in [0.29, 0.717) is 17.4 Å². The Morgan fingerprint density at radius 2 is 1.96 bits per heavy atom. The van der Waals surface area contributed by atoms with Crippen LogP contribution in [0.3, 0.4) is 0 Å². The van der Waals surface area contributed by atoms with Gasteiger partial charge in [-0.05, 0) is 31.1 Å². The molecule has 132 valence electrons. The van der Waals surface area contributed by atoms with Crippen LogP contribution in [-0.4, -0.2) is 27.5 Å². The summed E-state index contributed by atoms with van der Waals surface area (Å²) in [5.74, 6) is 1.31. The van der Waals surface area contributed by atoms with E-state index in [1.54, 1.807) is 0 Å². The van der Waals surface area contributed by atoms with Crippen LogP contribution < -0.4 is 0 Å².